The number of furan rings is 1. The molecule has 0 N–H and O–H groups in total. The zero-order valence-corrected chi connectivity index (χ0v) is 28.8. The van der Waals surface area contributed by atoms with E-state index in [1.807, 2.05) is 91.0 Å². The summed E-state index contributed by atoms with van der Waals surface area (Å²) in [5.41, 5.74) is 9.22. The molecule has 0 saturated carbocycles. The Balaban J connectivity index is 1.03. The first-order chi connectivity index (χ1) is 26.2. The van der Waals surface area contributed by atoms with Crippen molar-refractivity contribution < 1.29 is 8.83 Å². The average Bonchev–Trinajstić information content (AvgIpc) is 3.93. The molecular formula is C46H26N4O2S. The maximum Gasteiger partial charge on any atom is 0.227 e. The largest absolute Gasteiger partial charge is 0.456 e. The first kappa shape index (κ1) is 29.7. The van der Waals surface area contributed by atoms with Gasteiger partial charge in [-0.15, -0.1) is 11.3 Å². The zero-order valence-electron chi connectivity index (χ0n) is 28.0. The fourth-order valence-corrected chi connectivity index (χ4v) is 8.44. The summed E-state index contributed by atoms with van der Waals surface area (Å²) < 4.78 is 14.9. The van der Waals surface area contributed by atoms with E-state index < -0.39 is 0 Å². The first-order valence-electron chi connectivity index (χ1n) is 17.4. The highest BCUT2D eigenvalue weighted by molar-refractivity contribution is 7.26. The molecule has 4 heterocycles. The van der Waals surface area contributed by atoms with Crippen LogP contribution >= 0.6 is 11.3 Å². The van der Waals surface area contributed by atoms with E-state index in [-0.39, 0.29) is 0 Å². The van der Waals surface area contributed by atoms with E-state index in [1.54, 1.807) is 11.3 Å². The van der Waals surface area contributed by atoms with Crippen molar-refractivity contribution in [1.82, 2.24) is 19.9 Å². The standard InChI is InChI=1S/C46H26N4O2S/c1-3-11-28(12-4-1)43-48-44(50-45(49-43)33-17-9-19-37-41(33)32-15-7-8-18-36(32)51-37)29-23-21-27(22-24-29)31-16-10-20-39-42(31)34-25-38-35(26-40(34)53-39)47-46(52-38)30-13-5-2-6-14-30/h1-26H. The predicted molar refractivity (Wildman–Crippen MR) is 215 cm³/mol. The van der Waals surface area contributed by atoms with Gasteiger partial charge in [0.25, 0.3) is 0 Å². The van der Waals surface area contributed by atoms with Gasteiger partial charge in [0.15, 0.2) is 23.1 Å². The van der Waals surface area contributed by atoms with Gasteiger partial charge in [-0.3, -0.25) is 0 Å². The van der Waals surface area contributed by atoms with Crippen LogP contribution in [-0.2, 0) is 0 Å². The van der Waals surface area contributed by atoms with Crippen LogP contribution in [0.3, 0.4) is 0 Å². The monoisotopic (exact) mass is 698 g/mol. The SMILES string of the molecule is c1ccc(-c2nc(-c3ccc(-c4cccc5sc6cc7nc(-c8ccccc8)oc7cc6c45)cc3)nc(-c3cccc4oc5ccccc5c34)n2)cc1. The molecular weight excluding hydrogens is 673 g/mol. The van der Waals surface area contributed by atoms with Gasteiger partial charge in [0.2, 0.25) is 5.89 Å². The molecule has 0 aliphatic rings. The Morgan fingerprint density at radius 3 is 1.83 bits per heavy atom. The molecule has 248 valence electrons. The summed E-state index contributed by atoms with van der Waals surface area (Å²) in [5.74, 6) is 2.44. The molecule has 4 aromatic heterocycles. The number of benzene rings is 7. The van der Waals surface area contributed by atoms with E-state index in [0.29, 0.717) is 23.4 Å². The van der Waals surface area contributed by atoms with Gasteiger partial charge < -0.3 is 8.83 Å². The van der Waals surface area contributed by atoms with Crippen molar-refractivity contribution in [3.05, 3.63) is 158 Å². The van der Waals surface area contributed by atoms with Crippen molar-refractivity contribution in [2.24, 2.45) is 0 Å². The second kappa shape index (κ2) is 11.8. The number of aromatic nitrogens is 4. The van der Waals surface area contributed by atoms with Crippen molar-refractivity contribution in [3.63, 3.8) is 0 Å². The molecule has 0 aliphatic heterocycles. The number of thiophene rings is 1. The molecule has 7 heteroatoms. The average molecular weight is 699 g/mol. The molecule has 11 rings (SSSR count). The molecule has 0 radical (unpaired) electrons. The molecule has 0 spiro atoms. The minimum absolute atomic E-state index is 0.596. The number of nitrogens with zero attached hydrogens (tertiary/aromatic N) is 4. The Hall–Kier alpha value is -6.96. The normalized spacial score (nSPS) is 11.8. The van der Waals surface area contributed by atoms with Gasteiger partial charge in [0.05, 0.1) is 0 Å². The summed E-state index contributed by atoms with van der Waals surface area (Å²) in [6.07, 6.45) is 0. The molecule has 53 heavy (non-hydrogen) atoms. The van der Waals surface area contributed by atoms with Gasteiger partial charge in [0, 0.05) is 53.2 Å². The van der Waals surface area contributed by atoms with Crippen molar-refractivity contribution in [1.29, 1.82) is 0 Å². The van der Waals surface area contributed by atoms with Gasteiger partial charge in [0.1, 0.15) is 16.7 Å². The van der Waals surface area contributed by atoms with E-state index >= 15 is 0 Å². The molecule has 0 fully saturated rings. The predicted octanol–water partition coefficient (Wildman–Crippen LogP) is 12.6. The molecule has 6 nitrogen and oxygen atoms in total. The topological polar surface area (TPSA) is 77.8 Å². The van der Waals surface area contributed by atoms with Gasteiger partial charge >= 0.3 is 0 Å². The molecule has 7 aromatic carbocycles. The smallest absolute Gasteiger partial charge is 0.227 e. The highest BCUT2D eigenvalue weighted by Crippen LogP contribution is 2.43. The van der Waals surface area contributed by atoms with E-state index in [0.717, 1.165) is 71.8 Å². The van der Waals surface area contributed by atoms with Crippen LogP contribution in [0.15, 0.2) is 167 Å². The summed E-state index contributed by atoms with van der Waals surface area (Å²) >= 11 is 1.78. The van der Waals surface area contributed by atoms with Crippen LogP contribution in [0, 0.1) is 0 Å². The summed E-state index contributed by atoms with van der Waals surface area (Å²) in [5, 5.41) is 4.38. The third kappa shape index (κ3) is 4.93. The summed E-state index contributed by atoms with van der Waals surface area (Å²) in [7, 11) is 0. The first-order valence-corrected chi connectivity index (χ1v) is 18.2. The van der Waals surface area contributed by atoms with Gasteiger partial charge in [-0.25, -0.2) is 19.9 Å². The van der Waals surface area contributed by atoms with Crippen LogP contribution in [-0.4, -0.2) is 19.9 Å². The van der Waals surface area contributed by atoms with Crippen molar-refractivity contribution in [2.75, 3.05) is 0 Å². The summed E-state index contributed by atoms with van der Waals surface area (Å²) in [4.78, 5) is 19.9. The van der Waals surface area contributed by atoms with E-state index in [2.05, 4.69) is 66.7 Å². The molecule has 0 aliphatic carbocycles. The van der Waals surface area contributed by atoms with Crippen LogP contribution in [0.2, 0.25) is 0 Å². The molecule has 11 aromatic rings. The maximum absolute atomic E-state index is 6.28. The molecule has 0 atom stereocenters. The number of hydrogen-bond acceptors (Lipinski definition) is 7. The maximum atomic E-state index is 6.28. The summed E-state index contributed by atoms with van der Waals surface area (Å²) in [6.45, 7) is 0. The second-order valence-corrected chi connectivity index (χ2v) is 14.1. The Bertz CT molecular complexity index is 3160. The molecule has 0 bridgehead atoms. The Morgan fingerprint density at radius 2 is 1.02 bits per heavy atom. The van der Waals surface area contributed by atoms with E-state index in [4.69, 9.17) is 28.8 Å². The minimum atomic E-state index is 0.596. The third-order valence-corrected chi connectivity index (χ3v) is 10.9. The third-order valence-electron chi connectivity index (χ3n) is 9.79. The van der Waals surface area contributed by atoms with Crippen molar-refractivity contribution >= 4 is 64.5 Å². The number of oxazole rings is 1. The number of fused-ring (bicyclic) bond motifs is 7. The lowest BCUT2D eigenvalue weighted by Gasteiger charge is -2.10. The Morgan fingerprint density at radius 1 is 0.377 bits per heavy atom. The number of hydrogen-bond donors (Lipinski definition) is 0. The highest BCUT2D eigenvalue weighted by atomic mass is 32.1. The van der Waals surface area contributed by atoms with Crippen LogP contribution in [0.4, 0.5) is 0 Å². The minimum Gasteiger partial charge on any atom is -0.456 e. The zero-order chi connectivity index (χ0) is 34.9. The van der Waals surface area contributed by atoms with E-state index in [1.165, 1.54) is 14.8 Å². The van der Waals surface area contributed by atoms with Crippen LogP contribution in [0.5, 0.6) is 0 Å². The fraction of sp³-hybridized carbons (Fsp3) is 0. The lowest BCUT2D eigenvalue weighted by atomic mass is 9.98. The molecule has 0 unspecified atom stereocenters. The number of para-hydroxylation sites is 1. The van der Waals surface area contributed by atoms with Gasteiger partial charge in [-0.05, 0) is 53.6 Å². The highest BCUT2D eigenvalue weighted by Gasteiger charge is 2.19. The second-order valence-electron chi connectivity index (χ2n) is 13.0. The van der Waals surface area contributed by atoms with Crippen LogP contribution < -0.4 is 0 Å². The van der Waals surface area contributed by atoms with Gasteiger partial charge in [-0.2, -0.15) is 0 Å². The van der Waals surface area contributed by atoms with E-state index in [9.17, 15) is 0 Å². The van der Waals surface area contributed by atoms with Crippen LogP contribution in [0.25, 0.3) is 110 Å². The Kier molecular flexibility index (Phi) is 6.62. The fourth-order valence-electron chi connectivity index (χ4n) is 7.29. The number of rotatable bonds is 5. The Labute approximate surface area is 306 Å². The van der Waals surface area contributed by atoms with Crippen molar-refractivity contribution in [3.8, 4) is 56.7 Å². The van der Waals surface area contributed by atoms with Crippen LogP contribution in [0.1, 0.15) is 0 Å². The quantitative estimate of drug-likeness (QED) is 0.178. The lowest BCUT2D eigenvalue weighted by molar-refractivity contribution is 0.620. The van der Waals surface area contributed by atoms with Crippen molar-refractivity contribution in [2.45, 2.75) is 0 Å². The molecule has 0 amide bonds. The molecule has 0 saturated heterocycles. The van der Waals surface area contributed by atoms with Gasteiger partial charge in [-0.1, -0.05) is 115 Å². The lowest BCUT2D eigenvalue weighted by Crippen LogP contribution is -2.00. The summed E-state index contributed by atoms with van der Waals surface area (Å²) in [6, 6.07) is 53.5.